The first-order valence-corrected chi connectivity index (χ1v) is 21.4. The van der Waals surface area contributed by atoms with E-state index >= 15 is 0 Å². The summed E-state index contributed by atoms with van der Waals surface area (Å²) in [5, 5.41) is 0. The number of allylic oxidation sites excluding steroid dienone is 1. The summed E-state index contributed by atoms with van der Waals surface area (Å²) in [6.45, 7) is 7.26. The van der Waals surface area contributed by atoms with Crippen LogP contribution in [0.3, 0.4) is 0 Å². The number of carbonyl (C=O) groups excluding carboxylic acids is 2. The number of phosphoric acid groups is 2. The van der Waals surface area contributed by atoms with Crippen molar-refractivity contribution in [2.75, 3.05) is 39.6 Å². The number of rotatable bonds is 18. The number of phosphoric ester groups is 2. The fourth-order valence-corrected chi connectivity index (χ4v) is 7.57. The smallest absolute Gasteiger partial charge is 0.458 e. The van der Waals surface area contributed by atoms with Crippen LogP contribution in [0.5, 0.6) is 0 Å². The molecule has 5 rings (SSSR count). The van der Waals surface area contributed by atoms with E-state index in [1.54, 1.807) is 43.4 Å². The van der Waals surface area contributed by atoms with Crippen LogP contribution in [-0.2, 0) is 51.2 Å². The van der Waals surface area contributed by atoms with Crippen LogP contribution in [0.1, 0.15) is 70.8 Å². The maximum Gasteiger partial charge on any atom is 0.472 e. The molecular formula is C33H51N9O15P2. The molecule has 1 amide bonds. The number of aromatic nitrogens is 4. The Labute approximate surface area is 338 Å². The SMILES string of the molecule is C=CCCC(=O)N(C)[C@@H](COC(C)(C)C)C(=O)OC1C[C@H](n2cnc3c2N=CN(C)C3N)O[C@@H]1COP(=O)(O)OC1C[C@H](n2ccc(N)nc2=O)O[C@@H]1COP(=O)(O)O. The zero-order valence-corrected chi connectivity index (χ0v) is 34.9. The summed E-state index contributed by atoms with van der Waals surface area (Å²) in [6.07, 6.45) is -2.03. The predicted molar refractivity (Wildman–Crippen MR) is 205 cm³/mol. The Balaban J connectivity index is 1.37. The van der Waals surface area contributed by atoms with Gasteiger partial charge in [-0.05, 0) is 33.3 Å². The van der Waals surface area contributed by atoms with Gasteiger partial charge in [-0.15, -0.1) is 6.58 Å². The molecule has 0 aromatic carbocycles. The van der Waals surface area contributed by atoms with Crippen LogP contribution in [0.4, 0.5) is 11.6 Å². The van der Waals surface area contributed by atoms with Gasteiger partial charge in [-0.25, -0.2) is 28.7 Å². The van der Waals surface area contributed by atoms with Crippen LogP contribution in [-0.4, -0.2) is 132 Å². The number of carbonyl (C=O) groups is 2. The molecule has 0 saturated carbocycles. The monoisotopic (exact) mass is 875 g/mol. The molecular weight excluding hydrogens is 824 g/mol. The Bertz CT molecular complexity index is 2020. The fourth-order valence-electron chi connectivity index (χ4n) is 6.26. The summed E-state index contributed by atoms with van der Waals surface area (Å²) >= 11 is 0. The molecule has 2 aromatic heterocycles. The first kappa shape index (κ1) is 46.2. The van der Waals surface area contributed by atoms with Gasteiger partial charge in [0.2, 0.25) is 5.91 Å². The van der Waals surface area contributed by atoms with Crippen molar-refractivity contribution < 1.29 is 65.9 Å². The number of ether oxygens (including phenoxy) is 4. The Morgan fingerprint density at radius 1 is 1.10 bits per heavy atom. The van der Waals surface area contributed by atoms with E-state index in [-0.39, 0.29) is 37.6 Å². The highest BCUT2D eigenvalue weighted by Gasteiger charge is 2.46. The normalized spacial score (nSPS) is 26.0. The molecule has 59 heavy (non-hydrogen) atoms. The summed E-state index contributed by atoms with van der Waals surface area (Å²) in [5.74, 6) is -0.938. The van der Waals surface area contributed by atoms with Gasteiger partial charge in [-0.3, -0.25) is 27.5 Å². The van der Waals surface area contributed by atoms with E-state index in [0.717, 1.165) is 4.57 Å². The third-order valence-electron chi connectivity index (χ3n) is 9.42. The van der Waals surface area contributed by atoms with Gasteiger partial charge in [0.1, 0.15) is 54.5 Å². The second kappa shape index (κ2) is 18.8. The highest BCUT2D eigenvalue weighted by atomic mass is 31.2. The number of nitrogens with zero attached hydrogens (tertiary/aromatic N) is 7. The van der Waals surface area contributed by atoms with Crippen LogP contribution in [0, 0.1) is 0 Å². The number of amides is 1. The van der Waals surface area contributed by atoms with Crippen LogP contribution in [0.25, 0.3) is 0 Å². The molecule has 2 aromatic rings. The molecule has 0 radical (unpaired) electrons. The number of nitrogens with two attached hydrogens (primary N) is 2. The Kier molecular flexibility index (Phi) is 14.7. The summed E-state index contributed by atoms with van der Waals surface area (Å²) in [5.41, 5.74) is 10.8. The Hall–Kier alpha value is -3.90. The molecule has 7 N–H and O–H groups in total. The van der Waals surface area contributed by atoms with Crippen molar-refractivity contribution in [2.45, 2.75) is 101 Å². The molecule has 2 saturated heterocycles. The molecule has 0 aliphatic carbocycles. The number of anilines is 1. The Morgan fingerprint density at radius 2 is 1.75 bits per heavy atom. The third kappa shape index (κ3) is 12.1. The van der Waals surface area contributed by atoms with E-state index in [0.29, 0.717) is 17.9 Å². The highest BCUT2D eigenvalue weighted by molar-refractivity contribution is 7.47. The van der Waals surface area contributed by atoms with E-state index < -0.39 is 95.2 Å². The number of esters is 1. The van der Waals surface area contributed by atoms with Crippen LogP contribution >= 0.6 is 15.6 Å². The van der Waals surface area contributed by atoms with E-state index in [1.165, 1.54) is 36.9 Å². The second-order valence-electron chi connectivity index (χ2n) is 14.9. The van der Waals surface area contributed by atoms with Gasteiger partial charge in [-0.2, -0.15) is 4.98 Å². The van der Waals surface area contributed by atoms with Gasteiger partial charge in [-0.1, -0.05) is 6.08 Å². The van der Waals surface area contributed by atoms with Gasteiger partial charge in [0.15, 0.2) is 11.9 Å². The van der Waals surface area contributed by atoms with E-state index in [9.17, 15) is 38.2 Å². The number of fused-ring (bicyclic) bond motifs is 1. The van der Waals surface area contributed by atoms with Crippen molar-refractivity contribution >= 4 is 45.5 Å². The van der Waals surface area contributed by atoms with Gasteiger partial charge in [0, 0.05) is 39.6 Å². The molecule has 0 bridgehead atoms. The van der Waals surface area contributed by atoms with Gasteiger partial charge in [0.25, 0.3) is 0 Å². The average molecular weight is 876 g/mol. The number of imidazole rings is 1. The molecule has 4 unspecified atom stereocenters. The van der Waals surface area contributed by atoms with Crippen molar-refractivity contribution in [1.82, 2.24) is 28.9 Å². The number of likely N-dealkylation sites (N-methyl/N-ethyl adjacent to an activating group) is 1. The van der Waals surface area contributed by atoms with Crippen molar-refractivity contribution in [1.29, 1.82) is 0 Å². The quantitative estimate of drug-likeness (QED) is 0.0792. The van der Waals surface area contributed by atoms with Crippen molar-refractivity contribution in [3.05, 3.63) is 47.4 Å². The van der Waals surface area contributed by atoms with Crippen molar-refractivity contribution in [3.63, 3.8) is 0 Å². The largest absolute Gasteiger partial charge is 0.472 e. The minimum absolute atomic E-state index is 0.0367. The molecule has 24 nitrogen and oxygen atoms in total. The predicted octanol–water partition coefficient (Wildman–Crippen LogP) is 0.991. The zero-order valence-electron chi connectivity index (χ0n) is 33.1. The molecule has 9 atom stereocenters. The topological polar surface area (TPSA) is 317 Å². The van der Waals surface area contributed by atoms with Gasteiger partial charge < -0.3 is 54.9 Å². The lowest BCUT2D eigenvalue weighted by molar-refractivity contribution is -0.166. The first-order valence-electron chi connectivity index (χ1n) is 18.4. The Morgan fingerprint density at radius 3 is 2.39 bits per heavy atom. The number of nitrogen functional groups attached to an aromatic ring is 1. The molecule has 3 aliphatic rings. The summed E-state index contributed by atoms with van der Waals surface area (Å²) in [6, 6.07) is 0.0975. The maximum absolute atomic E-state index is 14.0. The molecule has 5 heterocycles. The lowest BCUT2D eigenvalue weighted by atomic mass is 10.1. The standard InChI is InChI=1S/C33H51N9O15P2/c1-7-8-9-25(43)40(6)19(14-51-33(2,3)4)31(44)56-20-12-27(42-18-36-28-29(35)39(5)17-37-30(28)42)54-22(20)16-53-59(49,50)57-21-13-26(41-11-10-24(34)38-32(41)45)55-23(21)15-52-58(46,47)48/h7,10-11,17-23,26-27,29H,1,8-9,12-16,35H2,2-6H3,(H,49,50)(H2,34,38,45)(H2,46,47,48)/t19-,20?,21?,22+,23+,26+,27+,29?/m0/s1. The van der Waals surface area contributed by atoms with Gasteiger partial charge >= 0.3 is 27.3 Å². The van der Waals surface area contributed by atoms with E-state index in [4.69, 9.17) is 39.5 Å². The van der Waals surface area contributed by atoms with E-state index in [2.05, 4.69) is 26.1 Å². The van der Waals surface area contributed by atoms with Crippen LogP contribution < -0.4 is 17.2 Å². The molecule has 2 fully saturated rings. The van der Waals surface area contributed by atoms with Crippen molar-refractivity contribution in [2.24, 2.45) is 10.7 Å². The maximum atomic E-state index is 14.0. The van der Waals surface area contributed by atoms with Crippen LogP contribution in [0.2, 0.25) is 0 Å². The lowest BCUT2D eigenvalue weighted by Crippen LogP contribution is -2.49. The zero-order chi connectivity index (χ0) is 43.4. The number of hydrogen-bond acceptors (Lipinski definition) is 18. The van der Waals surface area contributed by atoms with Crippen LogP contribution in [0.15, 0.2) is 41.0 Å². The fraction of sp³-hybridized carbons (Fsp3) is 0.636. The van der Waals surface area contributed by atoms with E-state index in [1.807, 2.05) is 0 Å². The van der Waals surface area contributed by atoms with Crippen molar-refractivity contribution in [3.8, 4) is 0 Å². The minimum Gasteiger partial charge on any atom is -0.458 e. The number of aliphatic imine (C=N–C) groups is 1. The first-order chi connectivity index (χ1) is 27.6. The highest BCUT2D eigenvalue weighted by Crippen LogP contribution is 2.50. The molecule has 3 aliphatic heterocycles. The molecule has 26 heteroatoms. The molecule has 0 spiro atoms. The lowest BCUT2D eigenvalue weighted by Gasteiger charge is -2.31. The number of hydrogen-bond donors (Lipinski definition) is 5. The average Bonchev–Trinajstić information content (AvgIpc) is 3.86. The summed E-state index contributed by atoms with van der Waals surface area (Å²) < 4.78 is 66.9. The third-order valence-corrected chi connectivity index (χ3v) is 10.9. The minimum atomic E-state index is -5.11. The summed E-state index contributed by atoms with van der Waals surface area (Å²) in [7, 11) is -6.99. The molecule has 328 valence electrons. The summed E-state index contributed by atoms with van der Waals surface area (Å²) in [4.78, 5) is 84.4. The second-order valence-corrected chi connectivity index (χ2v) is 17.6. The van der Waals surface area contributed by atoms with Gasteiger partial charge in [0.05, 0.1) is 38.1 Å².